The summed E-state index contributed by atoms with van der Waals surface area (Å²) in [7, 11) is 0. The van der Waals surface area contributed by atoms with Crippen molar-refractivity contribution in [2.75, 3.05) is 32.7 Å². The van der Waals surface area contributed by atoms with Crippen LogP contribution in [0.3, 0.4) is 0 Å². The SMILES string of the molecule is CCc1c(C(=O)N2CCN(CC(=O)NC(C)C)CC2)[nH]c(C)c1C(C)=O. The third-order valence-corrected chi connectivity index (χ3v) is 4.69. The Morgan fingerprint density at radius 1 is 1.15 bits per heavy atom. The number of hydrogen-bond donors (Lipinski definition) is 2. The fraction of sp³-hybridized carbons (Fsp3) is 0.632. The van der Waals surface area contributed by atoms with E-state index in [1.807, 2.05) is 27.7 Å². The third-order valence-electron chi connectivity index (χ3n) is 4.69. The third kappa shape index (κ3) is 4.52. The lowest BCUT2D eigenvalue weighted by molar-refractivity contribution is -0.123. The molecule has 144 valence electrons. The van der Waals surface area contributed by atoms with Crippen LogP contribution < -0.4 is 5.32 Å². The molecule has 2 amide bonds. The molecule has 0 radical (unpaired) electrons. The van der Waals surface area contributed by atoms with Crippen LogP contribution in [0.15, 0.2) is 0 Å². The molecule has 7 heteroatoms. The lowest BCUT2D eigenvalue weighted by Gasteiger charge is -2.34. The largest absolute Gasteiger partial charge is 0.354 e. The van der Waals surface area contributed by atoms with Gasteiger partial charge in [-0.05, 0) is 39.7 Å². The number of rotatable bonds is 6. The number of aromatic nitrogens is 1. The molecule has 1 saturated heterocycles. The predicted molar refractivity (Wildman–Crippen MR) is 101 cm³/mol. The van der Waals surface area contributed by atoms with Gasteiger partial charge in [-0.2, -0.15) is 0 Å². The topological polar surface area (TPSA) is 85.5 Å². The van der Waals surface area contributed by atoms with E-state index >= 15 is 0 Å². The van der Waals surface area contributed by atoms with Crippen LogP contribution >= 0.6 is 0 Å². The number of nitrogens with zero attached hydrogens (tertiary/aromatic N) is 2. The average Bonchev–Trinajstić information content (AvgIpc) is 2.90. The first kappa shape index (κ1) is 20.2. The molecule has 0 spiro atoms. The zero-order valence-electron chi connectivity index (χ0n) is 16.4. The Hall–Kier alpha value is -2.15. The van der Waals surface area contributed by atoms with Gasteiger partial charge in [-0.3, -0.25) is 19.3 Å². The van der Waals surface area contributed by atoms with Crippen molar-refractivity contribution in [2.24, 2.45) is 0 Å². The van der Waals surface area contributed by atoms with Crippen LogP contribution in [0.1, 0.15) is 59.8 Å². The van der Waals surface area contributed by atoms with Gasteiger partial charge in [0.05, 0.1) is 6.54 Å². The summed E-state index contributed by atoms with van der Waals surface area (Å²) in [5.74, 6) is -0.0708. The molecule has 0 atom stereocenters. The molecular formula is C19H30N4O3. The molecule has 1 aromatic rings. The molecule has 0 saturated carbocycles. The molecule has 0 unspecified atom stereocenters. The second-order valence-corrected chi connectivity index (χ2v) is 7.18. The minimum absolute atomic E-state index is 0.0131. The van der Waals surface area contributed by atoms with Gasteiger partial charge in [0, 0.05) is 43.5 Å². The van der Waals surface area contributed by atoms with E-state index < -0.39 is 0 Å². The van der Waals surface area contributed by atoms with Crippen molar-refractivity contribution in [1.29, 1.82) is 0 Å². The van der Waals surface area contributed by atoms with Crippen LogP contribution in [-0.2, 0) is 11.2 Å². The van der Waals surface area contributed by atoms with Crippen LogP contribution in [0.5, 0.6) is 0 Å². The maximum absolute atomic E-state index is 12.9. The maximum atomic E-state index is 12.9. The standard InChI is InChI=1S/C19H30N4O3/c1-6-15-17(14(5)24)13(4)21-18(15)19(26)23-9-7-22(8-10-23)11-16(25)20-12(2)3/h12,21H,6-11H2,1-5H3,(H,20,25). The molecule has 2 heterocycles. The van der Waals surface area contributed by atoms with Gasteiger partial charge in [0.15, 0.2) is 5.78 Å². The molecule has 7 nitrogen and oxygen atoms in total. The monoisotopic (exact) mass is 362 g/mol. The second kappa shape index (κ2) is 8.49. The zero-order chi connectivity index (χ0) is 19.4. The number of nitrogens with one attached hydrogen (secondary N) is 2. The Kier molecular flexibility index (Phi) is 6.58. The summed E-state index contributed by atoms with van der Waals surface area (Å²) in [6, 6.07) is 0.129. The number of ketones is 1. The van der Waals surface area contributed by atoms with Gasteiger partial charge in [-0.15, -0.1) is 0 Å². The second-order valence-electron chi connectivity index (χ2n) is 7.18. The quantitative estimate of drug-likeness (QED) is 0.749. The van der Waals surface area contributed by atoms with Gasteiger partial charge in [0.2, 0.25) is 5.91 Å². The van der Waals surface area contributed by atoms with Crippen molar-refractivity contribution in [3.8, 4) is 0 Å². The summed E-state index contributed by atoms with van der Waals surface area (Å²) in [5.41, 5.74) is 2.72. The highest BCUT2D eigenvalue weighted by Crippen LogP contribution is 2.22. The summed E-state index contributed by atoms with van der Waals surface area (Å²) in [4.78, 5) is 43.7. The highest BCUT2D eigenvalue weighted by atomic mass is 16.2. The van der Waals surface area contributed by atoms with Gasteiger partial charge < -0.3 is 15.2 Å². The molecule has 1 fully saturated rings. The van der Waals surface area contributed by atoms with E-state index in [0.717, 1.165) is 11.3 Å². The van der Waals surface area contributed by atoms with Crippen LogP contribution in [0, 0.1) is 6.92 Å². The molecular weight excluding hydrogens is 332 g/mol. The van der Waals surface area contributed by atoms with Crippen molar-refractivity contribution in [1.82, 2.24) is 20.1 Å². The summed E-state index contributed by atoms with van der Waals surface area (Å²) in [6.45, 7) is 12.0. The van der Waals surface area contributed by atoms with Gasteiger partial charge >= 0.3 is 0 Å². The zero-order valence-corrected chi connectivity index (χ0v) is 16.4. The molecule has 26 heavy (non-hydrogen) atoms. The maximum Gasteiger partial charge on any atom is 0.270 e. The number of piperazine rings is 1. The Morgan fingerprint density at radius 3 is 2.27 bits per heavy atom. The minimum Gasteiger partial charge on any atom is -0.354 e. The van der Waals surface area contributed by atoms with Gasteiger partial charge in [0.1, 0.15) is 5.69 Å². The van der Waals surface area contributed by atoms with E-state index in [1.54, 1.807) is 4.90 Å². The van der Waals surface area contributed by atoms with Crippen LogP contribution in [-0.4, -0.2) is 71.1 Å². The van der Waals surface area contributed by atoms with Gasteiger partial charge in [-0.1, -0.05) is 6.92 Å². The number of aromatic amines is 1. The number of carbonyl (C=O) groups is 3. The number of amides is 2. The summed E-state index contributed by atoms with van der Waals surface area (Å²) >= 11 is 0. The summed E-state index contributed by atoms with van der Waals surface area (Å²) in [5, 5.41) is 2.89. The fourth-order valence-electron chi connectivity index (χ4n) is 3.53. The fourth-order valence-corrected chi connectivity index (χ4v) is 3.53. The van der Waals surface area contributed by atoms with E-state index in [2.05, 4.69) is 15.2 Å². The molecule has 1 aromatic heterocycles. The van der Waals surface area contributed by atoms with Crippen molar-refractivity contribution in [2.45, 2.75) is 47.1 Å². The van der Waals surface area contributed by atoms with Gasteiger partial charge in [0.25, 0.3) is 5.91 Å². The Bertz CT molecular complexity index is 685. The van der Waals surface area contributed by atoms with Crippen molar-refractivity contribution < 1.29 is 14.4 Å². The molecule has 0 bridgehead atoms. The normalized spacial score (nSPS) is 15.4. The van der Waals surface area contributed by atoms with Crippen LogP contribution in [0.25, 0.3) is 0 Å². The molecule has 2 rings (SSSR count). The number of aryl methyl sites for hydroxylation is 1. The first-order valence-corrected chi connectivity index (χ1v) is 9.27. The summed E-state index contributed by atoms with van der Waals surface area (Å²) in [6.07, 6.45) is 0.635. The highest BCUT2D eigenvalue weighted by Gasteiger charge is 2.28. The molecule has 1 aliphatic rings. The molecule has 2 N–H and O–H groups in total. The van der Waals surface area contributed by atoms with Gasteiger partial charge in [-0.25, -0.2) is 0 Å². The first-order valence-electron chi connectivity index (χ1n) is 9.27. The smallest absolute Gasteiger partial charge is 0.270 e. The lowest BCUT2D eigenvalue weighted by atomic mass is 10.0. The highest BCUT2D eigenvalue weighted by molar-refractivity contribution is 6.02. The minimum atomic E-state index is -0.0660. The predicted octanol–water partition coefficient (Wildman–Crippen LogP) is 1.37. The van der Waals surface area contributed by atoms with Crippen molar-refractivity contribution in [3.05, 3.63) is 22.5 Å². The van der Waals surface area contributed by atoms with E-state index in [9.17, 15) is 14.4 Å². The number of Topliss-reactive ketones (excluding diaryl/α,β-unsaturated/α-hetero) is 1. The molecule has 0 aliphatic carbocycles. The van der Waals surface area contributed by atoms with E-state index in [0.29, 0.717) is 50.4 Å². The Morgan fingerprint density at radius 2 is 1.77 bits per heavy atom. The van der Waals surface area contributed by atoms with E-state index in [4.69, 9.17) is 0 Å². The van der Waals surface area contributed by atoms with Crippen molar-refractivity contribution >= 4 is 17.6 Å². The lowest BCUT2D eigenvalue weighted by Crippen LogP contribution is -2.51. The number of carbonyl (C=O) groups excluding carboxylic acids is 3. The Labute approximate surface area is 155 Å². The average molecular weight is 362 g/mol. The number of hydrogen-bond acceptors (Lipinski definition) is 4. The van der Waals surface area contributed by atoms with E-state index in [1.165, 1.54) is 6.92 Å². The van der Waals surface area contributed by atoms with Crippen LogP contribution in [0.2, 0.25) is 0 Å². The number of H-pyrrole nitrogens is 1. The first-order chi connectivity index (χ1) is 12.2. The Balaban J connectivity index is 2.02. The molecule has 1 aliphatic heterocycles. The molecule has 0 aromatic carbocycles. The van der Waals surface area contributed by atoms with E-state index in [-0.39, 0.29) is 23.6 Å². The van der Waals surface area contributed by atoms with Crippen molar-refractivity contribution in [3.63, 3.8) is 0 Å². The van der Waals surface area contributed by atoms with Crippen LogP contribution in [0.4, 0.5) is 0 Å². The summed E-state index contributed by atoms with van der Waals surface area (Å²) < 4.78 is 0.